The zero-order valence-electron chi connectivity index (χ0n) is 18.0. The summed E-state index contributed by atoms with van der Waals surface area (Å²) in [4.78, 5) is 30.3. The van der Waals surface area contributed by atoms with Gasteiger partial charge in [0, 0.05) is 23.9 Å². The van der Waals surface area contributed by atoms with Gasteiger partial charge in [-0.3, -0.25) is 4.79 Å². The largest absolute Gasteiger partial charge is 0.478 e. The molecule has 4 rings (SSSR count). The van der Waals surface area contributed by atoms with E-state index in [0.29, 0.717) is 18.7 Å². The number of carbonyl (C=O) groups is 2. The van der Waals surface area contributed by atoms with Gasteiger partial charge in [0.1, 0.15) is 11.3 Å². The number of hydrogen-bond acceptors (Lipinski definition) is 5. The highest BCUT2D eigenvalue weighted by molar-refractivity contribution is 6.15. The summed E-state index contributed by atoms with van der Waals surface area (Å²) in [5.74, 6) is -1.65. The van der Waals surface area contributed by atoms with E-state index in [4.69, 9.17) is 10.1 Å². The van der Waals surface area contributed by atoms with Crippen LogP contribution in [0.3, 0.4) is 0 Å². The number of benzene rings is 2. The smallest absolute Gasteiger partial charge is 0.337 e. The number of carboxylic acids is 1. The van der Waals surface area contributed by atoms with E-state index in [2.05, 4.69) is 10.5 Å². The van der Waals surface area contributed by atoms with Gasteiger partial charge in [-0.2, -0.15) is 5.26 Å². The van der Waals surface area contributed by atoms with Crippen LogP contribution in [-0.4, -0.2) is 32.9 Å². The van der Waals surface area contributed by atoms with Crippen LogP contribution in [0.25, 0.3) is 10.9 Å². The van der Waals surface area contributed by atoms with Crippen molar-refractivity contribution in [2.24, 2.45) is 5.16 Å². The first-order chi connectivity index (χ1) is 15.2. The number of oxime groups is 1. The molecule has 0 atom stereocenters. The molecule has 2 N–H and O–H groups in total. The van der Waals surface area contributed by atoms with E-state index < -0.39 is 17.5 Å². The van der Waals surface area contributed by atoms with Gasteiger partial charge in [-0.1, -0.05) is 23.4 Å². The second-order valence-corrected chi connectivity index (χ2v) is 8.55. The first-order valence-electron chi connectivity index (χ1n) is 10.1. The van der Waals surface area contributed by atoms with Crippen molar-refractivity contribution in [1.82, 2.24) is 4.57 Å². The summed E-state index contributed by atoms with van der Waals surface area (Å²) in [5, 5.41) is 26.4. The van der Waals surface area contributed by atoms with Crippen LogP contribution in [-0.2, 0) is 11.4 Å². The Labute approximate surface area is 184 Å². The lowest BCUT2D eigenvalue weighted by molar-refractivity contribution is 0.000625. The van der Waals surface area contributed by atoms with Gasteiger partial charge in [-0.15, -0.1) is 0 Å². The van der Waals surface area contributed by atoms with Crippen molar-refractivity contribution in [2.75, 3.05) is 5.32 Å². The van der Waals surface area contributed by atoms with Gasteiger partial charge in [0.2, 0.25) is 0 Å². The standard InChI is InChI=1S/C24H22N4O4/c1-24(2,3)32-27-19-9-10-28-20(12-15-5-4-6-16(19)21(15)28)22(29)26-18-8-7-14(13-25)11-17(18)23(30)31/h4-8,11-12H,9-10H2,1-3H3,(H,26,29)(H,30,31)/b27-19+. The summed E-state index contributed by atoms with van der Waals surface area (Å²) in [5.41, 5.74) is 2.83. The first kappa shape index (κ1) is 21.1. The average molecular weight is 430 g/mol. The van der Waals surface area contributed by atoms with Crippen LogP contribution < -0.4 is 5.32 Å². The Bertz CT molecular complexity index is 1320. The zero-order chi connectivity index (χ0) is 23.0. The highest BCUT2D eigenvalue weighted by Gasteiger charge is 2.25. The topological polar surface area (TPSA) is 117 Å². The van der Waals surface area contributed by atoms with E-state index in [1.165, 1.54) is 18.2 Å². The molecule has 162 valence electrons. The number of aryl methyl sites for hydroxylation is 1. The number of carbonyl (C=O) groups excluding carboxylic acids is 1. The van der Waals surface area contributed by atoms with E-state index in [0.717, 1.165) is 22.2 Å². The third-order valence-corrected chi connectivity index (χ3v) is 5.09. The number of aromatic nitrogens is 1. The van der Waals surface area contributed by atoms with E-state index in [1.54, 1.807) is 6.07 Å². The number of para-hydroxylation sites is 1. The Morgan fingerprint density at radius 2 is 2.00 bits per heavy atom. The number of carboxylic acid groups (broad SMARTS) is 1. The van der Waals surface area contributed by atoms with Crippen LogP contribution >= 0.6 is 0 Å². The Kier molecular flexibility index (Phi) is 5.18. The van der Waals surface area contributed by atoms with E-state index >= 15 is 0 Å². The van der Waals surface area contributed by atoms with E-state index in [9.17, 15) is 14.7 Å². The highest BCUT2D eigenvalue weighted by atomic mass is 16.6. The molecule has 0 fully saturated rings. The molecule has 0 spiro atoms. The number of nitriles is 1. The number of hydrogen-bond donors (Lipinski definition) is 2. The normalized spacial score (nSPS) is 14.2. The van der Waals surface area contributed by atoms with Crippen LogP contribution in [0.2, 0.25) is 0 Å². The molecule has 0 saturated heterocycles. The minimum atomic E-state index is -1.22. The van der Waals surface area contributed by atoms with Crippen molar-refractivity contribution < 1.29 is 19.5 Å². The predicted octanol–water partition coefficient (Wildman–Crippen LogP) is 4.39. The third-order valence-electron chi connectivity index (χ3n) is 5.09. The molecule has 2 heterocycles. The molecule has 1 aliphatic rings. The number of anilines is 1. The molecule has 0 radical (unpaired) electrons. The first-order valence-corrected chi connectivity index (χ1v) is 10.1. The molecule has 0 bridgehead atoms. The lowest BCUT2D eigenvalue weighted by atomic mass is 10.0. The monoisotopic (exact) mass is 430 g/mol. The molecule has 2 aromatic carbocycles. The number of nitrogens with one attached hydrogen (secondary N) is 1. The lowest BCUT2D eigenvalue weighted by Gasteiger charge is -2.22. The van der Waals surface area contributed by atoms with Gasteiger partial charge in [0.05, 0.1) is 34.1 Å². The fourth-order valence-electron chi connectivity index (χ4n) is 3.70. The molecule has 0 saturated carbocycles. The number of amides is 1. The van der Waals surface area contributed by atoms with Crippen molar-refractivity contribution in [1.29, 1.82) is 5.26 Å². The van der Waals surface area contributed by atoms with Crippen molar-refractivity contribution in [3.05, 3.63) is 64.8 Å². The Hall–Kier alpha value is -4.12. The molecule has 8 nitrogen and oxygen atoms in total. The fourth-order valence-corrected chi connectivity index (χ4v) is 3.70. The van der Waals surface area contributed by atoms with Gasteiger partial charge in [-0.05, 0) is 45.0 Å². The maximum absolute atomic E-state index is 13.1. The van der Waals surface area contributed by atoms with Crippen LogP contribution in [0.4, 0.5) is 5.69 Å². The molecular weight excluding hydrogens is 408 g/mol. The summed E-state index contributed by atoms with van der Waals surface area (Å²) in [7, 11) is 0. The zero-order valence-corrected chi connectivity index (χ0v) is 18.0. The van der Waals surface area contributed by atoms with Gasteiger partial charge < -0.3 is 19.8 Å². The second kappa shape index (κ2) is 7.85. The van der Waals surface area contributed by atoms with Gasteiger partial charge in [0.25, 0.3) is 5.91 Å². The van der Waals surface area contributed by atoms with Crippen molar-refractivity contribution in [2.45, 2.75) is 39.3 Å². The average Bonchev–Trinajstić information content (AvgIpc) is 3.13. The molecule has 3 aromatic rings. The SMILES string of the molecule is CC(C)(C)O/N=C1\CCn2c(C(=O)Nc3ccc(C#N)cc3C(=O)O)cc3cccc1c32. The summed E-state index contributed by atoms with van der Waals surface area (Å²) in [6.07, 6.45) is 0.592. The van der Waals surface area contributed by atoms with E-state index in [-0.39, 0.29) is 16.8 Å². The molecular formula is C24H22N4O4. The van der Waals surface area contributed by atoms with Gasteiger partial charge in [0.15, 0.2) is 0 Å². The lowest BCUT2D eigenvalue weighted by Crippen LogP contribution is -2.23. The minimum absolute atomic E-state index is 0.136. The van der Waals surface area contributed by atoms with E-state index in [1.807, 2.05) is 49.6 Å². The van der Waals surface area contributed by atoms with Crippen LogP contribution in [0.1, 0.15) is 59.2 Å². The third kappa shape index (κ3) is 3.93. The second-order valence-electron chi connectivity index (χ2n) is 8.55. The van der Waals surface area contributed by atoms with Crippen molar-refractivity contribution in [3.8, 4) is 6.07 Å². The Morgan fingerprint density at radius 3 is 2.69 bits per heavy atom. The molecule has 1 aliphatic heterocycles. The van der Waals surface area contributed by atoms with Crippen LogP contribution in [0, 0.1) is 11.3 Å². The van der Waals surface area contributed by atoms with Gasteiger partial charge >= 0.3 is 5.97 Å². The minimum Gasteiger partial charge on any atom is -0.478 e. The summed E-state index contributed by atoms with van der Waals surface area (Å²) in [6.45, 7) is 6.33. The summed E-state index contributed by atoms with van der Waals surface area (Å²) >= 11 is 0. The van der Waals surface area contributed by atoms with Crippen molar-refractivity contribution >= 4 is 34.2 Å². The summed E-state index contributed by atoms with van der Waals surface area (Å²) < 4.78 is 1.92. The molecule has 32 heavy (non-hydrogen) atoms. The molecule has 0 aliphatic carbocycles. The maximum Gasteiger partial charge on any atom is 0.337 e. The van der Waals surface area contributed by atoms with Crippen LogP contribution in [0.5, 0.6) is 0 Å². The highest BCUT2D eigenvalue weighted by Crippen LogP contribution is 2.30. The number of aromatic carboxylic acids is 1. The molecule has 0 unspecified atom stereocenters. The summed E-state index contributed by atoms with van der Waals surface area (Å²) in [6, 6.07) is 13.6. The molecule has 1 aromatic heterocycles. The number of rotatable bonds is 4. The van der Waals surface area contributed by atoms with Crippen molar-refractivity contribution in [3.63, 3.8) is 0 Å². The Morgan fingerprint density at radius 1 is 1.22 bits per heavy atom. The fraction of sp³-hybridized carbons (Fsp3) is 0.250. The Balaban J connectivity index is 1.72. The maximum atomic E-state index is 13.1. The molecule has 1 amide bonds. The van der Waals surface area contributed by atoms with Crippen LogP contribution in [0.15, 0.2) is 47.6 Å². The van der Waals surface area contributed by atoms with Gasteiger partial charge in [-0.25, -0.2) is 4.79 Å². The predicted molar refractivity (Wildman–Crippen MR) is 120 cm³/mol. The molecule has 8 heteroatoms. The number of nitrogens with zero attached hydrogens (tertiary/aromatic N) is 3. The quantitative estimate of drug-likeness (QED) is 0.596.